The Bertz CT molecular complexity index is 862. The minimum atomic E-state index is -0.400. The minimum Gasteiger partial charge on any atom is -0.458 e. The van der Waals surface area contributed by atoms with Crippen molar-refractivity contribution in [2.45, 2.75) is 53.9 Å². The maximum absolute atomic E-state index is 13.0. The van der Waals surface area contributed by atoms with Crippen LogP contribution in [0.4, 0.5) is 0 Å². The number of ketones is 2. The van der Waals surface area contributed by atoms with Crippen LogP contribution in [0.1, 0.15) is 53.9 Å². The third-order valence-electron chi connectivity index (χ3n) is 8.38. The van der Waals surface area contributed by atoms with E-state index >= 15 is 0 Å². The van der Waals surface area contributed by atoms with E-state index in [4.69, 9.17) is 4.74 Å². The summed E-state index contributed by atoms with van der Waals surface area (Å²) in [6, 6.07) is 0. The van der Waals surface area contributed by atoms with Gasteiger partial charge in [-0.3, -0.25) is 14.4 Å². The molecule has 0 saturated heterocycles. The average molecular weight is 397 g/mol. The molecule has 4 heteroatoms. The highest BCUT2D eigenvalue weighted by Crippen LogP contribution is 2.65. The Morgan fingerprint density at radius 2 is 1.90 bits per heavy atom. The zero-order valence-electron chi connectivity index (χ0n) is 18.2. The lowest BCUT2D eigenvalue weighted by Gasteiger charge is -2.54. The number of carbonyl (C=O) groups is 3. The van der Waals surface area contributed by atoms with Crippen molar-refractivity contribution >= 4 is 17.5 Å². The van der Waals surface area contributed by atoms with E-state index in [1.54, 1.807) is 6.08 Å². The second kappa shape index (κ2) is 6.78. The molecule has 3 unspecified atom stereocenters. The van der Waals surface area contributed by atoms with E-state index in [2.05, 4.69) is 39.8 Å². The van der Waals surface area contributed by atoms with Crippen molar-refractivity contribution in [3.63, 3.8) is 0 Å². The van der Waals surface area contributed by atoms with Crippen molar-refractivity contribution < 1.29 is 19.1 Å². The minimum absolute atomic E-state index is 0.0633. The number of ether oxygens (including phenoxy) is 1. The fourth-order valence-corrected chi connectivity index (χ4v) is 7.24. The summed E-state index contributed by atoms with van der Waals surface area (Å²) < 4.78 is 5.06. The predicted octanol–water partition coefficient (Wildman–Crippen LogP) is 4.45. The van der Waals surface area contributed by atoms with Crippen molar-refractivity contribution in [3.05, 3.63) is 35.5 Å². The molecule has 0 aromatic carbocycles. The second-order valence-electron chi connectivity index (χ2n) is 10.2. The molecule has 4 nitrogen and oxygen atoms in total. The van der Waals surface area contributed by atoms with Crippen LogP contribution in [-0.2, 0) is 19.1 Å². The second-order valence-corrected chi connectivity index (χ2v) is 10.2. The van der Waals surface area contributed by atoms with Gasteiger partial charge in [0.15, 0.2) is 11.6 Å². The molecule has 0 bridgehead atoms. The molecule has 0 heterocycles. The van der Waals surface area contributed by atoms with E-state index < -0.39 is 5.97 Å². The first-order valence-electron chi connectivity index (χ1n) is 10.9. The number of esters is 1. The Hall–Kier alpha value is -1.97. The lowest BCUT2D eigenvalue weighted by molar-refractivity contribution is -0.148. The summed E-state index contributed by atoms with van der Waals surface area (Å²) in [5.41, 5.74) is 2.40. The summed E-state index contributed by atoms with van der Waals surface area (Å²) in [5.74, 6) is 1.18. The lowest BCUT2D eigenvalue weighted by atomic mass is 9.50. The number of fused-ring (bicyclic) bond motifs is 5. The lowest BCUT2D eigenvalue weighted by Crippen LogP contribution is -2.47. The Morgan fingerprint density at radius 3 is 2.59 bits per heavy atom. The van der Waals surface area contributed by atoms with Crippen LogP contribution in [0.25, 0.3) is 0 Å². The van der Waals surface area contributed by atoms with E-state index in [-0.39, 0.29) is 40.8 Å². The predicted molar refractivity (Wildman–Crippen MR) is 111 cm³/mol. The van der Waals surface area contributed by atoms with Crippen LogP contribution in [-0.4, -0.2) is 24.1 Å². The molecule has 0 amide bonds. The van der Waals surface area contributed by atoms with Crippen LogP contribution in [0.15, 0.2) is 35.5 Å². The summed E-state index contributed by atoms with van der Waals surface area (Å²) in [6.45, 7) is 10.2. The van der Waals surface area contributed by atoms with Gasteiger partial charge < -0.3 is 4.74 Å². The molecule has 4 aliphatic carbocycles. The number of hydrogen-bond acceptors (Lipinski definition) is 4. The SMILES string of the molecule is CC(=O)OCC(=O)C1[C@H](C)CC2C3C[C@H](C)C4=CC(=O)C=C[C@]4(C)C3=CC[C@@]21C. The van der Waals surface area contributed by atoms with Crippen molar-refractivity contribution in [1.29, 1.82) is 0 Å². The quantitative estimate of drug-likeness (QED) is 0.522. The third kappa shape index (κ3) is 2.98. The molecule has 0 radical (unpaired) electrons. The molecule has 0 spiro atoms. The summed E-state index contributed by atoms with van der Waals surface area (Å²) in [5, 5.41) is 0. The maximum Gasteiger partial charge on any atom is 0.303 e. The first-order valence-corrected chi connectivity index (χ1v) is 10.9. The number of carbonyl (C=O) groups excluding carboxylic acids is 3. The summed E-state index contributed by atoms with van der Waals surface area (Å²) in [6.07, 6.45) is 11.0. The molecular weight excluding hydrogens is 364 g/mol. The van der Waals surface area contributed by atoms with Gasteiger partial charge in [0.2, 0.25) is 0 Å². The van der Waals surface area contributed by atoms with Crippen LogP contribution in [0.3, 0.4) is 0 Å². The van der Waals surface area contributed by atoms with Crippen LogP contribution >= 0.6 is 0 Å². The molecule has 4 aliphatic rings. The molecule has 29 heavy (non-hydrogen) atoms. The number of hydrogen-bond donors (Lipinski definition) is 0. The number of allylic oxidation sites excluding steroid dienone is 6. The van der Waals surface area contributed by atoms with E-state index in [0.717, 1.165) is 19.3 Å². The first-order chi connectivity index (χ1) is 13.6. The van der Waals surface area contributed by atoms with Gasteiger partial charge in [0.25, 0.3) is 0 Å². The Morgan fingerprint density at radius 1 is 1.17 bits per heavy atom. The number of rotatable bonds is 3. The van der Waals surface area contributed by atoms with Crippen molar-refractivity contribution in [3.8, 4) is 0 Å². The van der Waals surface area contributed by atoms with E-state index in [1.807, 2.05) is 6.08 Å². The smallest absolute Gasteiger partial charge is 0.303 e. The maximum atomic E-state index is 13.0. The van der Waals surface area contributed by atoms with Gasteiger partial charge in [0.1, 0.15) is 6.61 Å². The van der Waals surface area contributed by atoms with Gasteiger partial charge in [-0.05, 0) is 73.0 Å². The Kier molecular flexibility index (Phi) is 4.75. The molecule has 4 rings (SSSR count). The van der Waals surface area contributed by atoms with Crippen molar-refractivity contribution in [1.82, 2.24) is 0 Å². The fourth-order valence-electron chi connectivity index (χ4n) is 7.24. The van der Waals surface area contributed by atoms with E-state index in [9.17, 15) is 14.4 Å². The van der Waals surface area contributed by atoms with Gasteiger partial charge in [0, 0.05) is 18.3 Å². The Balaban J connectivity index is 1.69. The monoisotopic (exact) mass is 396 g/mol. The molecule has 0 aliphatic heterocycles. The van der Waals surface area contributed by atoms with Crippen LogP contribution in [0.5, 0.6) is 0 Å². The van der Waals surface area contributed by atoms with Gasteiger partial charge >= 0.3 is 5.97 Å². The fraction of sp³-hybridized carbons (Fsp3) is 0.640. The third-order valence-corrected chi connectivity index (χ3v) is 8.38. The van der Waals surface area contributed by atoms with Gasteiger partial charge in [-0.2, -0.15) is 0 Å². The normalized spacial score (nSPS) is 42.9. The van der Waals surface area contributed by atoms with Gasteiger partial charge in [-0.25, -0.2) is 0 Å². The molecule has 0 N–H and O–H groups in total. The van der Waals surface area contributed by atoms with Gasteiger partial charge in [0.05, 0.1) is 0 Å². The molecule has 2 saturated carbocycles. The molecule has 156 valence electrons. The van der Waals surface area contributed by atoms with E-state index in [1.165, 1.54) is 18.1 Å². The largest absolute Gasteiger partial charge is 0.458 e. The highest BCUT2D eigenvalue weighted by atomic mass is 16.5. The van der Waals surface area contributed by atoms with Gasteiger partial charge in [-0.15, -0.1) is 0 Å². The van der Waals surface area contributed by atoms with Crippen LogP contribution in [0, 0.1) is 40.4 Å². The zero-order valence-corrected chi connectivity index (χ0v) is 18.2. The average Bonchev–Trinajstić information content (AvgIpc) is 2.92. The summed E-state index contributed by atoms with van der Waals surface area (Å²) in [4.78, 5) is 36.2. The van der Waals surface area contributed by atoms with Crippen LogP contribution < -0.4 is 0 Å². The topological polar surface area (TPSA) is 60.4 Å². The van der Waals surface area contributed by atoms with Crippen LogP contribution in [0.2, 0.25) is 0 Å². The first kappa shape index (κ1) is 20.3. The van der Waals surface area contributed by atoms with Gasteiger partial charge in [-0.1, -0.05) is 38.5 Å². The molecule has 0 aromatic heterocycles. The summed E-state index contributed by atoms with van der Waals surface area (Å²) in [7, 11) is 0. The summed E-state index contributed by atoms with van der Waals surface area (Å²) >= 11 is 0. The number of Topliss-reactive ketones (excluding diaryl/α,β-unsaturated/α-hetero) is 1. The molecule has 0 aromatic rings. The standard InChI is InChI=1S/C25H32O4/c1-14-10-18-19(24(4)8-6-17(27)12-20(14)24)7-9-25(5)21(18)11-15(2)23(25)22(28)13-29-16(3)26/h6-8,12,14-15,18,21,23H,9-11,13H2,1-5H3/t14-,15+,18?,21?,23?,24+,25-/m0/s1. The van der Waals surface area contributed by atoms with Crippen molar-refractivity contribution in [2.75, 3.05) is 6.61 Å². The molecular formula is C25H32O4. The molecule has 7 atom stereocenters. The highest BCUT2D eigenvalue weighted by Gasteiger charge is 2.60. The molecule has 2 fully saturated rings. The Labute approximate surface area is 173 Å². The zero-order chi connectivity index (χ0) is 21.1. The van der Waals surface area contributed by atoms with E-state index in [0.29, 0.717) is 17.8 Å². The van der Waals surface area contributed by atoms with Crippen molar-refractivity contribution in [2.24, 2.45) is 40.4 Å². The highest BCUT2D eigenvalue weighted by molar-refractivity contribution is 6.01.